The van der Waals surface area contributed by atoms with E-state index in [4.69, 9.17) is 0 Å². The lowest BCUT2D eigenvalue weighted by molar-refractivity contribution is 0.621. The predicted molar refractivity (Wildman–Crippen MR) is 51.4 cm³/mol. The van der Waals surface area contributed by atoms with Crippen LogP contribution in [0.3, 0.4) is 0 Å². The highest BCUT2D eigenvalue weighted by Gasteiger charge is 1.97. The van der Waals surface area contributed by atoms with Crippen LogP contribution in [-0.4, -0.2) is 5.49 Å². The summed E-state index contributed by atoms with van der Waals surface area (Å²) in [7, 11) is 0. The molecule has 0 unspecified atom stereocenters. The van der Waals surface area contributed by atoms with E-state index in [0.717, 1.165) is 5.69 Å². The highest BCUT2D eigenvalue weighted by Crippen LogP contribution is 2.19. The van der Waals surface area contributed by atoms with Crippen molar-refractivity contribution in [3.63, 3.8) is 0 Å². The average Bonchev–Trinajstić information content (AvgIpc) is 1.98. The van der Waals surface area contributed by atoms with Crippen molar-refractivity contribution in [3.8, 4) is 0 Å². The number of hydrogen-bond acceptors (Lipinski definition) is 1. The van der Waals surface area contributed by atoms with Gasteiger partial charge in [0.1, 0.15) is 5.82 Å². The van der Waals surface area contributed by atoms with Crippen molar-refractivity contribution in [2.45, 2.75) is 0 Å². The van der Waals surface area contributed by atoms with Crippen LogP contribution < -0.4 is 5.32 Å². The van der Waals surface area contributed by atoms with Crippen LogP contribution in [0.1, 0.15) is 0 Å². The molecule has 0 saturated carbocycles. The summed E-state index contributed by atoms with van der Waals surface area (Å²) in [4.78, 5) is 0. The number of thiocarbonyl (C=S) groups is 1. The van der Waals surface area contributed by atoms with Gasteiger partial charge in [0.05, 0.1) is 9.96 Å². The Hall–Kier alpha value is -0.480. The number of hydrogen-bond donors (Lipinski definition) is 1. The first-order chi connectivity index (χ1) is 5.24. The molecule has 0 spiro atoms. The molecule has 0 atom stereocenters. The molecule has 0 aliphatic heterocycles. The SMILES string of the molecule is Fc1ccc(NC=S)cc1Br. The highest BCUT2D eigenvalue weighted by molar-refractivity contribution is 9.10. The second kappa shape index (κ2) is 3.78. The van der Waals surface area contributed by atoms with Crippen molar-refractivity contribution in [1.29, 1.82) is 0 Å². The summed E-state index contributed by atoms with van der Waals surface area (Å²) < 4.78 is 13.1. The molecule has 0 radical (unpaired) electrons. The van der Waals surface area contributed by atoms with E-state index in [1.807, 2.05) is 0 Å². The summed E-state index contributed by atoms with van der Waals surface area (Å²) in [6, 6.07) is 4.60. The van der Waals surface area contributed by atoms with E-state index < -0.39 is 0 Å². The van der Waals surface area contributed by atoms with Crippen LogP contribution in [0.2, 0.25) is 0 Å². The van der Waals surface area contributed by atoms with Crippen molar-refractivity contribution in [3.05, 3.63) is 28.5 Å². The van der Waals surface area contributed by atoms with Crippen molar-refractivity contribution < 1.29 is 4.39 Å². The Labute approximate surface area is 77.7 Å². The van der Waals surface area contributed by atoms with Gasteiger partial charge in [-0.3, -0.25) is 0 Å². The Morgan fingerprint density at radius 3 is 2.82 bits per heavy atom. The molecule has 1 N–H and O–H groups in total. The van der Waals surface area contributed by atoms with E-state index >= 15 is 0 Å². The number of rotatable bonds is 2. The molecule has 1 nitrogen and oxygen atoms in total. The number of halogens is 2. The van der Waals surface area contributed by atoms with Gasteiger partial charge in [-0.25, -0.2) is 4.39 Å². The minimum absolute atomic E-state index is 0.278. The fourth-order valence-corrected chi connectivity index (χ4v) is 1.17. The predicted octanol–water partition coefficient (Wildman–Crippen LogP) is 2.96. The standard InChI is InChI=1S/C7H5BrFNS/c8-6-3-5(10-4-11)1-2-7(6)9/h1-4H,(H,10,11). The monoisotopic (exact) mass is 233 g/mol. The largest absolute Gasteiger partial charge is 0.353 e. The lowest BCUT2D eigenvalue weighted by atomic mass is 10.3. The Morgan fingerprint density at radius 1 is 1.55 bits per heavy atom. The van der Waals surface area contributed by atoms with Gasteiger partial charge in [-0.15, -0.1) is 0 Å². The summed E-state index contributed by atoms with van der Waals surface area (Å²) in [5, 5.41) is 2.77. The van der Waals surface area contributed by atoms with Gasteiger partial charge in [-0.05, 0) is 34.1 Å². The van der Waals surface area contributed by atoms with Gasteiger partial charge in [0.25, 0.3) is 0 Å². The van der Waals surface area contributed by atoms with E-state index in [-0.39, 0.29) is 5.82 Å². The molecular formula is C7H5BrFNS. The lowest BCUT2D eigenvalue weighted by Crippen LogP contribution is -1.91. The van der Waals surface area contributed by atoms with Gasteiger partial charge in [-0.2, -0.15) is 0 Å². The van der Waals surface area contributed by atoms with Crippen molar-refractivity contribution in [2.24, 2.45) is 0 Å². The maximum atomic E-state index is 12.6. The lowest BCUT2D eigenvalue weighted by Gasteiger charge is -1.99. The van der Waals surface area contributed by atoms with Crippen LogP contribution in [0.4, 0.5) is 10.1 Å². The van der Waals surface area contributed by atoms with Gasteiger partial charge in [0.2, 0.25) is 0 Å². The number of anilines is 1. The zero-order chi connectivity index (χ0) is 8.27. The van der Waals surface area contributed by atoms with Gasteiger partial charge < -0.3 is 5.32 Å². The zero-order valence-corrected chi connectivity index (χ0v) is 7.88. The Kier molecular flexibility index (Phi) is 2.96. The summed E-state index contributed by atoms with van der Waals surface area (Å²) in [6.45, 7) is 0. The minimum atomic E-state index is -0.278. The van der Waals surface area contributed by atoms with Gasteiger partial charge in [0, 0.05) is 5.69 Å². The molecule has 4 heteroatoms. The number of nitrogens with one attached hydrogen (secondary N) is 1. The van der Waals surface area contributed by atoms with E-state index in [2.05, 4.69) is 33.5 Å². The normalized spacial score (nSPS) is 9.27. The molecule has 0 saturated heterocycles. The highest BCUT2D eigenvalue weighted by atomic mass is 79.9. The van der Waals surface area contributed by atoms with Crippen molar-refractivity contribution in [2.75, 3.05) is 5.32 Å². The van der Waals surface area contributed by atoms with E-state index in [1.54, 1.807) is 12.1 Å². The van der Waals surface area contributed by atoms with E-state index in [0.29, 0.717) is 4.47 Å². The molecule has 58 valence electrons. The smallest absolute Gasteiger partial charge is 0.137 e. The topological polar surface area (TPSA) is 12.0 Å². The molecule has 0 bridgehead atoms. The second-order valence-corrected chi connectivity index (χ2v) is 2.98. The molecule has 0 aliphatic rings. The van der Waals surface area contributed by atoms with Crippen LogP contribution in [0, 0.1) is 5.82 Å². The third-order valence-electron chi connectivity index (χ3n) is 1.15. The van der Waals surface area contributed by atoms with E-state index in [9.17, 15) is 4.39 Å². The van der Waals surface area contributed by atoms with Gasteiger partial charge in [0.15, 0.2) is 0 Å². The number of benzene rings is 1. The zero-order valence-electron chi connectivity index (χ0n) is 5.47. The Bertz CT molecular complexity index is 277. The van der Waals surface area contributed by atoms with E-state index in [1.165, 1.54) is 11.6 Å². The van der Waals surface area contributed by atoms with Crippen molar-refractivity contribution >= 4 is 39.3 Å². The first-order valence-corrected chi connectivity index (χ1v) is 4.15. The summed E-state index contributed by atoms with van der Waals surface area (Å²) in [5.41, 5.74) is 2.15. The Morgan fingerprint density at radius 2 is 2.27 bits per heavy atom. The Balaban J connectivity index is 2.95. The second-order valence-electron chi connectivity index (χ2n) is 1.89. The summed E-state index contributed by atoms with van der Waals surface area (Å²) in [6.07, 6.45) is 0. The van der Waals surface area contributed by atoms with Gasteiger partial charge in [-0.1, -0.05) is 12.2 Å². The van der Waals surface area contributed by atoms with Crippen LogP contribution in [0.15, 0.2) is 22.7 Å². The molecule has 0 aromatic heterocycles. The molecule has 0 fully saturated rings. The molecule has 11 heavy (non-hydrogen) atoms. The average molecular weight is 234 g/mol. The third kappa shape index (κ3) is 2.24. The van der Waals surface area contributed by atoms with Gasteiger partial charge >= 0.3 is 0 Å². The summed E-state index contributed by atoms with van der Waals surface area (Å²) in [5.74, 6) is -0.278. The summed E-state index contributed by atoms with van der Waals surface area (Å²) >= 11 is 7.62. The maximum Gasteiger partial charge on any atom is 0.137 e. The molecule has 1 aromatic rings. The first-order valence-electron chi connectivity index (χ1n) is 2.89. The fraction of sp³-hybridized carbons (Fsp3) is 0. The molecular weight excluding hydrogens is 229 g/mol. The molecule has 0 aliphatic carbocycles. The van der Waals surface area contributed by atoms with Crippen LogP contribution in [0.5, 0.6) is 0 Å². The maximum absolute atomic E-state index is 12.6. The minimum Gasteiger partial charge on any atom is -0.353 e. The molecule has 1 rings (SSSR count). The molecule has 0 amide bonds. The fourth-order valence-electron chi connectivity index (χ4n) is 0.654. The van der Waals surface area contributed by atoms with Crippen LogP contribution >= 0.6 is 28.1 Å². The molecule has 1 aromatic carbocycles. The first kappa shape index (κ1) is 8.62. The molecule has 0 heterocycles. The van der Waals surface area contributed by atoms with Crippen molar-refractivity contribution in [1.82, 2.24) is 0 Å². The van der Waals surface area contributed by atoms with Crippen LogP contribution in [0.25, 0.3) is 0 Å². The van der Waals surface area contributed by atoms with Crippen LogP contribution in [-0.2, 0) is 0 Å². The quantitative estimate of drug-likeness (QED) is 0.789. The third-order valence-corrected chi connectivity index (χ3v) is 1.87.